The van der Waals surface area contributed by atoms with Gasteiger partial charge >= 0.3 is 5.69 Å². The molecule has 0 N–H and O–H groups in total. The van der Waals surface area contributed by atoms with Crippen LogP contribution in [0.1, 0.15) is 6.92 Å². The van der Waals surface area contributed by atoms with Crippen molar-refractivity contribution in [2.24, 2.45) is 4.99 Å². The topological polar surface area (TPSA) is 61.4 Å². The Bertz CT molecular complexity index is 1040. The summed E-state index contributed by atoms with van der Waals surface area (Å²) in [6, 6.07) is 11.0. The molecule has 0 atom stereocenters. The summed E-state index contributed by atoms with van der Waals surface area (Å²) in [7, 11) is 0. The van der Waals surface area contributed by atoms with E-state index in [2.05, 4.69) is 32.5 Å². The lowest BCUT2D eigenvalue weighted by atomic mass is 10.3. The molecule has 0 aliphatic heterocycles. The molecular weight excluding hydrogens is 416 g/mol. The standard InChI is InChI=1S/C18H17BrN4O2S/c1-4-22-15-6-5-11-20-16(15)23(18(22)24)13-7-9-14(10-8-13)25-17(26-3)21-12(2)19/h5-11H,2,4H2,1,3H3/b21-17-. The zero-order valence-corrected chi connectivity index (χ0v) is 16.7. The number of aromatic nitrogens is 3. The van der Waals surface area contributed by atoms with Gasteiger partial charge in [0, 0.05) is 12.7 Å². The zero-order valence-electron chi connectivity index (χ0n) is 14.3. The van der Waals surface area contributed by atoms with Crippen molar-refractivity contribution in [1.82, 2.24) is 14.1 Å². The van der Waals surface area contributed by atoms with E-state index in [9.17, 15) is 4.79 Å². The van der Waals surface area contributed by atoms with Crippen molar-refractivity contribution in [3.05, 3.63) is 64.3 Å². The number of imidazole rings is 1. The Morgan fingerprint density at radius 3 is 2.69 bits per heavy atom. The van der Waals surface area contributed by atoms with E-state index in [1.54, 1.807) is 27.5 Å². The fraction of sp³-hybridized carbons (Fsp3) is 0.167. The van der Waals surface area contributed by atoms with Gasteiger partial charge in [-0.25, -0.2) is 19.3 Å². The van der Waals surface area contributed by atoms with Crippen LogP contribution in [0.2, 0.25) is 0 Å². The summed E-state index contributed by atoms with van der Waals surface area (Å²) in [5, 5.41) is 0.473. The molecule has 6 nitrogen and oxygen atoms in total. The lowest BCUT2D eigenvalue weighted by Gasteiger charge is -2.08. The van der Waals surface area contributed by atoms with E-state index in [-0.39, 0.29) is 5.69 Å². The molecule has 0 radical (unpaired) electrons. The van der Waals surface area contributed by atoms with Crippen LogP contribution < -0.4 is 10.4 Å². The number of halogens is 1. The van der Waals surface area contributed by atoms with E-state index in [0.717, 1.165) is 11.2 Å². The molecule has 0 fully saturated rings. The molecule has 0 amide bonds. The second-order valence-electron chi connectivity index (χ2n) is 5.26. The Morgan fingerprint density at radius 1 is 1.35 bits per heavy atom. The van der Waals surface area contributed by atoms with Crippen molar-refractivity contribution in [2.75, 3.05) is 6.26 Å². The van der Waals surface area contributed by atoms with Gasteiger partial charge in [0.05, 0.1) is 11.2 Å². The van der Waals surface area contributed by atoms with Gasteiger partial charge in [0.1, 0.15) is 10.4 Å². The molecule has 0 spiro atoms. The minimum absolute atomic E-state index is 0.114. The summed E-state index contributed by atoms with van der Waals surface area (Å²) in [6.45, 7) is 6.20. The second kappa shape index (κ2) is 7.92. The molecule has 134 valence electrons. The third-order valence-corrected chi connectivity index (χ3v) is 4.40. The molecule has 1 aromatic carbocycles. The average Bonchev–Trinajstić information content (AvgIpc) is 2.92. The maximum absolute atomic E-state index is 12.8. The van der Waals surface area contributed by atoms with Crippen molar-refractivity contribution in [1.29, 1.82) is 0 Å². The van der Waals surface area contributed by atoms with Gasteiger partial charge in [0.15, 0.2) is 5.65 Å². The van der Waals surface area contributed by atoms with Crippen molar-refractivity contribution < 1.29 is 4.74 Å². The number of aliphatic imine (C=N–C) groups is 1. The predicted octanol–water partition coefficient (Wildman–Crippen LogP) is 4.17. The van der Waals surface area contributed by atoms with E-state index in [1.807, 2.05) is 37.4 Å². The number of rotatable bonds is 4. The van der Waals surface area contributed by atoms with Gasteiger partial charge in [-0.3, -0.25) is 4.57 Å². The van der Waals surface area contributed by atoms with Gasteiger partial charge in [-0.1, -0.05) is 18.3 Å². The predicted molar refractivity (Wildman–Crippen MR) is 111 cm³/mol. The Hall–Kier alpha value is -2.32. The van der Waals surface area contributed by atoms with Crippen LogP contribution in [0.5, 0.6) is 5.75 Å². The van der Waals surface area contributed by atoms with E-state index >= 15 is 0 Å². The molecule has 0 saturated carbocycles. The molecule has 2 heterocycles. The van der Waals surface area contributed by atoms with Crippen molar-refractivity contribution in [2.45, 2.75) is 13.5 Å². The summed E-state index contributed by atoms with van der Waals surface area (Å²) >= 11 is 4.56. The summed E-state index contributed by atoms with van der Waals surface area (Å²) in [6.07, 6.45) is 3.55. The third kappa shape index (κ3) is 3.61. The normalized spacial score (nSPS) is 11.7. The van der Waals surface area contributed by atoms with E-state index in [4.69, 9.17) is 4.74 Å². The van der Waals surface area contributed by atoms with Crippen LogP contribution in [0.3, 0.4) is 0 Å². The Kier molecular flexibility index (Phi) is 5.63. The van der Waals surface area contributed by atoms with Crippen LogP contribution in [0.4, 0.5) is 0 Å². The number of fused-ring (bicyclic) bond motifs is 1. The largest absolute Gasteiger partial charge is 0.434 e. The van der Waals surface area contributed by atoms with Gasteiger partial charge in [0.25, 0.3) is 5.23 Å². The molecule has 3 aromatic rings. The summed E-state index contributed by atoms with van der Waals surface area (Å²) < 4.78 is 9.52. The Labute approximate surface area is 163 Å². The lowest BCUT2D eigenvalue weighted by molar-refractivity contribution is 0.566. The number of thioether (sulfide) groups is 1. The summed E-state index contributed by atoms with van der Waals surface area (Å²) in [5.74, 6) is 0.621. The van der Waals surface area contributed by atoms with E-state index < -0.39 is 0 Å². The average molecular weight is 433 g/mol. The molecule has 3 rings (SSSR count). The van der Waals surface area contributed by atoms with E-state index in [0.29, 0.717) is 27.8 Å². The first-order chi connectivity index (χ1) is 12.5. The van der Waals surface area contributed by atoms with Crippen LogP contribution in [0, 0.1) is 0 Å². The van der Waals surface area contributed by atoms with Crippen LogP contribution in [0.25, 0.3) is 16.9 Å². The molecule has 8 heteroatoms. The molecule has 0 bridgehead atoms. The first kappa shape index (κ1) is 18.5. The molecule has 0 aliphatic rings. The minimum atomic E-state index is -0.114. The fourth-order valence-corrected chi connectivity index (χ4v) is 3.26. The first-order valence-electron chi connectivity index (χ1n) is 7.86. The zero-order chi connectivity index (χ0) is 18.7. The quantitative estimate of drug-likeness (QED) is 0.352. The molecule has 0 unspecified atom stereocenters. The molecule has 0 aliphatic carbocycles. The SMILES string of the molecule is C=C(Br)/N=C(/Oc1ccc(-n2c(=O)n(CC)c3cccnc32)cc1)SC. The highest BCUT2D eigenvalue weighted by atomic mass is 79.9. The van der Waals surface area contributed by atoms with Gasteiger partial charge in [0.2, 0.25) is 0 Å². The number of aryl methyl sites for hydroxylation is 1. The number of pyridine rings is 1. The fourth-order valence-electron chi connectivity index (χ4n) is 2.60. The maximum atomic E-state index is 12.8. The summed E-state index contributed by atoms with van der Waals surface area (Å²) in [4.78, 5) is 21.3. The minimum Gasteiger partial charge on any atom is -0.434 e. The monoisotopic (exact) mass is 432 g/mol. The van der Waals surface area contributed by atoms with Crippen LogP contribution >= 0.6 is 27.7 Å². The van der Waals surface area contributed by atoms with Crippen LogP contribution in [0.15, 0.2) is 63.6 Å². The third-order valence-electron chi connectivity index (χ3n) is 3.69. The van der Waals surface area contributed by atoms with Crippen molar-refractivity contribution in [3.8, 4) is 11.4 Å². The highest BCUT2D eigenvalue weighted by molar-refractivity contribution is 9.11. The molecule has 26 heavy (non-hydrogen) atoms. The Morgan fingerprint density at radius 2 is 2.08 bits per heavy atom. The highest BCUT2D eigenvalue weighted by Gasteiger charge is 2.14. The smallest absolute Gasteiger partial charge is 0.334 e. The van der Waals surface area contributed by atoms with E-state index in [1.165, 1.54) is 11.8 Å². The second-order valence-corrected chi connectivity index (χ2v) is 6.94. The lowest BCUT2D eigenvalue weighted by Crippen LogP contribution is -2.22. The number of nitrogens with zero attached hydrogens (tertiary/aromatic N) is 4. The number of benzene rings is 1. The number of hydrogen-bond acceptors (Lipinski definition) is 5. The first-order valence-corrected chi connectivity index (χ1v) is 9.88. The van der Waals surface area contributed by atoms with Crippen LogP contribution in [-0.2, 0) is 6.54 Å². The van der Waals surface area contributed by atoms with Crippen LogP contribution in [-0.4, -0.2) is 25.6 Å². The van der Waals surface area contributed by atoms with Crippen molar-refractivity contribution in [3.63, 3.8) is 0 Å². The van der Waals surface area contributed by atoms with Crippen molar-refractivity contribution >= 4 is 44.1 Å². The van der Waals surface area contributed by atoms with Gasteiger partial charge < -0.3 is 4.74 Å². The van der Waals surface area contributed by atoms with Gasteiger partial charge in [-0.2, -0.15) is 0 Å². The number of ether oxygens (including phenoxy) is 1. The Balaban J connectivity index is 2.00. The van der Waals surface area contributed by atoms with Gasteiger partial charge in [-0.15, -0.1) is 0 Å². The summed E-state index contributed by atoms with van der Waals surface area (Å²) in [5.41, 5.74) is 2.06. The number of hydrogen-bond donors (Lipinski definition) is 0. The molecule has 2 aromatic heterocycles. The molecular formula is C18H17BrN4O2S. The highest BCUT2D eigenvalue weighted by Crippen LogP contribution is 2.20. The molecule has 0 saturated heterocycles. The maximum Gasteiger partial charge on any atom is 0.334 e. The van der Waals surface area contributed by atoms with Gasteiger partial charge in [-0.05, 0) is 65.5 Å².